The number of sulfonamides is 2. The molecular weight excluding hydrogens is 550 g/mol. The Bertz CT molecular complexity index is 1180. The number of anilines is 1. The van der Waals surface area contributed by atoms with Crippen LogP contribution in [0.15, 0.2) is 57.9 Å². The highest BCUT2D eigenvalue weighted by molar-refractivity contribution is 9.10. The van der Waals surface area contributed by atoms with Gasteiger partial charge in [-0.1, -0.05) is 15.9 Å². The Morgan fingerprint density at radius 3 is 2.26 bits per heavy atom. The van der Waals surface area contributed by atoms with Crippen LogP contribution < -0.4 is 14.4 Å². The lowest BCUT2D eigenvalue weighted by Crippen LogP contribution is -2.41. The average molecular weight is 576 g/mol. The van der Waals surface area contributed by atoms with Crippen LogP contribution in [0.4, 0.5) is 5.69 Å². The van der Waals surface area contributed by atoms with Gasteiger partial charge in [0.1, 0.15) is 18.9 Å². The van der Waals surface area contributed by atoms with Crippen molar-refractivity contribution in [2.45, 2.75) is 4.90 Å². The molecule has 2 aromatic carbocycles. The third-order valence-electron chi connectivity index (χ3n) is 4.93. The fourth-order valence-corrected chi connectivity index (χ4v) is 5.73. The molecule has 2 aromatic rings. The number of rotatable bonds is 10. The van der Waals surface area contributed by atoms with Crippen LogP contribution >= 0.6 is 15.9 Å². The van der Waals surface area contributed by atoms with Gasteiger partial charge in [-0.15, -0.1) is 0 Å². The molecule has 10 nitrogen and oxygen atoms in total. The lowest BCUT2D eigenvalue weighted by atomic mass is 10.3. The Morgan fingerprint density at radius 1 is 1.06 bits per heavy atom. The van der Waals surface area contributed by atoms with E-state index in [4.69, 9.17) is 9.47 Å². The number of carbonyl (C=O) groups is 1. The van der Waals surface area contributed by atoms with Crippen molar-refractivity contribution in [3.05, 3.63) is 53.0 Å². The van der Waals surface area contributed by atoms with E-state index >= 15 is 0 Å². The van der Waals surface area contributed by atoms with Gasteiger partial charge in [-0.2, -0.15) is 4.31 Å². The minimum absolute atomic E-state index is 0.123. The summed E-state index contributed by atoms with van der Waals surface area (Å²) in [5.41, 5.74) is 0.379. The summed E-state index contributed by atoms with van der Waals surface area (Å²) in [7, 11) is -7.24. The second-order valence-corrected chi connectivity index (χ2v) is 12.2. The molecule has 3 rings (SSSR count). The fourth-order valence-electron chi connectivity index (χ4n) is 3.20. The summed E-state index contributed by atoms with van der Waals surface area (Å²) in [5, 5.41) is 2.62. The van der Waals surface area contributed by atoms with Crippen molar-refractivity contribution in [1.82, 2.24) is 9.62 Å². The van der Waals surface area contributed by atoms with E-state index in [-0.39, 0.29) is 24.6 Å². The molecule has 13 heteroatoms. The summed E-state index contributed by atoms with van der Waals surface area (Å²) in [6.45, 7) is 1.28. The van der Waals surface area contributed by atoms with Crippen molar-refractivity contribution in [3.63, 3.8) is 0 Å². The predicted molar refractivity (Wildman–Crippen MR) is 131 cm³/mol. The Hall–Kier alpha value is -2.19. The third-order valence-corrected chi connectivity index (χ3v) is 8.51. The van der Waals surface area contributed by atoms with Gasteiger partial charge in [-0.3, -0.25) is 9.10 Å². The number of hydrogen-bond donors (Lipinski definition) is 1. The van der Waals surface area contributed by atoms with Gasteiger partial charge in [0.15, 0.2) is 0 Å². The maximum Gasteiger partial charge on any atom is 0.243 e. The molecule has 0 atom stereocenters. The summed E-state index contributed by atoms with van der Waals surface area (Å²) >= 11 is 3.29. The quantitative estimate of drug-likeness (QED) is 0.425. The minimum atomic E-state index is -3.66. The zero-order valence-electron chi connectivity index (χ0n) is 18.5. The van der Waals surface area contributed by atoms with Crippen LogP contribution in [0.25, 0.3) is 0 Å². The second-order valence-electron chi connectivity index (χ2n) is 7.43. The number of morpholine rings is 1. The van der Waals surface area contributed by atoms with Gasteiger partial charge in [-0.05, 0) is 48.5 Å². The SMILES string of the molecule is CS(=O)(=O)N(CC(=O)NCCOc1ccc(S(=O)(=O)N2CCOCC2)cc1)c1ccc(Br)cc1. The van der Waals surface area contributed by atoms with Crippen LogP contribution in [0.5, 0.6) is 5.75 Å². The van der Waals surface area contributed by atoms with E-state index in [1.165, 1.54) is 16.4 Å². The topological polar surface area (TPSA) is 122 Å². The maximum absolute atomic E-state index is 12.6. The largest absolute Gasteiger partial charge is 0.492 e. The summed E-state index contributed by atoms with van der Waals surface area (Å²) in [6, 6.07) is 12.6. The minimum Gasteiger partial charge on any atom is -0.492 e. The average Bonchev–Trinajstić information content (AvgIpc) is 2.81. The van der Waals surface area contributed by atoms with Gasteiger partial charge in [0, 0.05) is 17.6 Å². The van der Waals surface area contributed by atoms with Gasteiger partial charge in [0.25, 0.3) is 0 Å². The van der Waals surface area contributed by atoms with Gasteiger partial charge in [0.2, 0.25) is 26.0 Å². The number of nitrogens with one attached hydrogen (secondary N) is 1. The van der Waals surface area contributed by atoms with Gasteiger partial charge in [-0.25, -0.2) is 16.8 Å². The van der Waals surface area contributed by atoms with Crippen molar-refractivity contribution < 1.29 is 31.1 Å². The van der Waals surface area contributed by atoms with E-state index in [1.54, 1.807) is 36.4 Å². The molecule has 1 aliphatic rings. The predicted octanol–water partition coefficient (Wildman–Crippen LogP) is 1.43. The van der Waals surface area contributed by atoms with Crippen LogP contribution in [0.3, 0.4) is 0 Å². The number of halogens is 1. The highest BCUT2D eigenvalue weighted by Crippen LogP contribution is 2.21. The first-order valence-electron chi connectivity index (χ1n) is 10.4. The second kappa shape index (κ2) is 11.5. The van der Waals surface area contributed by atoms with Gasteiger partial charge < -0.3 is 14.8 Å². The number of carbonyl (C=O) groups excluding carboxylic acids is 1. The third kappa shape index (κ3) is 7.15. The van der Waals surface area contributed by atoms with Crippen molar-refractivity contribution in [2.75, 3.05) is 56.6 Å². The highest BCUT2D eigenvalue weighted by Gasteiger charge is 2.26. The molecule has 0 unspecified atom stereocenters. The molecule has 1 N–H and O–H groups in total. The first-order valence-corrected chi connectivity index (χ1v) is 14.5. The summed E-state index contributed by atoms with van der Waals surface area (Å²) in [4.78, 5) is 12.5. The molecule has 0 aliphatic carbocycles. The lowest BCUT2D eigenvalue weighted by molar-refractivity contribution is -0.119. The van der Waals surface area contributed by atoms with E-state index in [0.717, 1.165) is 15.0 Å². The Labute approximate surface area is 208 Å². The smallest absolute Gasteiger partial charge is 0.243 e. The van der Waals surface area contributed by atoms with Crippen molar-refractivity contribution in [2.24, 2.45) is 0 Å². The zero-order chi connectivity index (χ0) is 24.8. The normalized spacial score (nSPS) is 15.0. The van der Waals surface area contributed by atoms with Crippen LogP contribution in [0.2, 0.25) is 0 Å². The van der Waals surface area contributed by atoms with E-state index in [9.17, 15) is 21.6 Å². The number of benzene rings is 2. The van der Waals surface area contributed by atoms with Crippen LogP contribution in [-0.2, 0) is 29.6 Å². The Balaban J connectivity index is 1.49. The summed E-state index contributed by atoms with van der Waals surface area (Å²) in [6.07, 6.45) is 1.04. The zero-order valence-corrected chi connectivity index (χ0v) is 21.7. The number of hydrogen-bond acceptors (Lipinski definition) is 7. The number of ether oxygens (including phenoxy) is 2. The standard InChI is InChI=1S/C21H26BrN3O7S2/c1-33(27,28)25(18-4-2-17(22)3-5-18)16-21(26)23-10-13-32-19-6-8-20(9-7-19)34(29,30)24-11-14-31-15-12-24/h2-9H,10-16H2,1H3,(H,23,26). The molecule has 0 aromatic heterocycles. The first kappa shape index (κ1) is 26.4. The molecule has 0 radical (unpaired) electrons. The van der Waals surface area contributed by atoms with Crippen molar-refractivity contribution in [3.8, 4) is 5.75 Å². The highest BCUT2D eigenvalue weighted by atomic mass is 79.9. The molecule has 1 aliphatic heterocycles. The summed E-state index contributed by atoms with van der Waals surface area (Å²) < 4.78 is 63.5. The molecule has 0 spiro atoms. The fraction of sp³-hybridized carbons (Fsp3) is 0.381. The van der Waals surface area contributed by atoms with Gasteiger partial charge in [0.05, 0.1) is 36.6 Å². The molecule has 1 saturated heterocycles. The lowest BCUT2D eigenvalue weighted by Gasteiger charge is -2.26. The maximum atomic E-state index is 12.6. The van der Waals surface area contributed by atoms with Crippen molar-refractivity contribution in [1.29, 1.82) is 0 Å². The molecule has 1 heterocycles. The van der Waals surface area contributed by atoms with E-state index in [2.05, 4.69) is 21.2 Å². The molecule has 1 amide bonds. The van der Waals surface area contributed by atoms with Crippen molar-refractivity contribution >= 4 is 47.6 Å². The van der Waals surface area contributed by atoms with Crippen LogP contribution in [0.1, 0.15) is 0 Å². The number of amides is 1. The van der Waals surface area contributed by atoms with E-state index < -0.39 is 26.0 Å². The molecule has 186 valence electrons. The molecule has 0 saturated carbocycles. The molecule has 34 heavy (non-hydrogen) atoms. The Morgan fingerprint density at radius 2 is 1.68 bits per heavy atom. The molecule has 0 bridgehead atoms. The van der Waals surface area contributed by atoms with Gasteiger partial charge >= 0.3 is 0 Å². The first-order chi connectivity index (χ1) is 16.1. The van der Waals surface area contributed by atoms with E-state index in [0.29, 0.717) is 37.7 Å². The van der Waals surface area contributed by atoms with E-state index in [1.807, 2.05) is 0 Å². The summed E-state index contributed by atoms with van der Waals surface area (Å²) in [5.74, 6) is -0.0355. The molecular formula is C21H26BrN3O7S2. The molecule has 1 fully saturated rings. The monoisotopic (exact) mass is 575 g/mol. The van der Waals surface area contributed by atoms with Crippen LogP contribution in [-0.4, -0.2) is 79.3 Å². The Kier molecular flexibility index (Phi) is 8.93. The van der Waals surface area contributed by atoms with Crippen LogP contribution in [0, 0.1) is 0 Å². The number of nitrogens with zero attached hydrogens (tertiary/aromatic N) is 2.